The number of aryl methyl sites for hydroxylation is 2. The van der Waals surface area contributed by atoms with Crippen LogP contribution in [-0.2, 0) is 4.79 Å². The van der Waals surface area contributed by atoms with Gasteiger partial charge >= 0.3 is 0 Å². The Morgan fingerprint density at radius 3 is 2.30 bits per heavy atom. The van der Waals surface area contributed by atoms with Crippen LogP contribution in [0.3, 0.4) is 0 Å². The molecule has 0 aliphatic rings. The van der Waals surface area contributed by atoms with Crippen LogP contribution in [0.1, 0.15) is 35.3 Å². The van der Waals surface area contributed by atoms with Gasteiger partial charge in [0.1, 0.15) is 0 Å². The van der Waals surface area contributed by atoms with Crippen molar-refractivity contribution in [3.63, 3.8) is 0 Å². The van der Waals surface area contributed by atoms with E-state index in [0.29, 0.717) is 11.3 Å². The van der Waals surface area contributed by atoms with Crippen molar-refractivity contribution >= 4 is 29.1 Å². The molecule has 4 heteroatoms. The van der Waals surface area contributed by atoms with Crippen molar-refractivity contribution < 1.29 is 9.59 Å². The van der Waals surface area contributed by atoms with E-state index < -0.39 is 0 Å². The summed E-state index contributed by atoms with van der Waals surface area (Å²) < 4.78 is 0. The van der Waals surface area contributed by atoms with Crippen LogP contribution in [0.5, 0.6) is 0 Å². The second kappa shape index (κ2) is 7.47. The van der Waals surface area contributed by atoms with Crippen LogP contribution >= 0.6 is 11.8 Å². The molecule has 1 atom stereocenters. The van der Waals surface area contributed by atoms with Gasteiger partial charge in [-0.05, 0) is 63.6 Å². The largest absolute Gasteiger partial charge is 0.325 e. The number of nitrogens with one attached hydrogen (secondary N) is 1. The van der Waals surface area contributed by atoms with E-state index in [-0.39, 0.29) is 16.9 Å². The molecule has 23 heavy (non-hydrogen) atoms. The maximum absolute atomic E-state index is 12.3. The number of benzene rings is 2. The first-order valence-electron chi connectivity index (χ1n) is 7.52. The zero-order chi connectivity index (χ0) is 17.0. The van der Waals surface area contributed by atoms with Gasteiger partial charge < -0.3 is 5.32 Å². The monoisotopic (exact) mass is 327 g/mol. The molecule has 2 rings (SSSR count). The summed E-state index contributed by atoms with van der Waals surface area (Å²) >= 11 is 1.55. The molecule has 120 valence electrons. The molecule has 1 N–H and O–H groups in total. The second-order valence-electron chi connectivity index (χ2n) is 5.65. The fourth-order valence-electron chi connectivity index (χ4n) is 2.11. The lowest BCUT2D eigenvalue weighted by Gasteiger charge is -2.14. The van der Waals surface area contributed by atoms with E-state index >= 15 is 0 Å². The highest BCUT2D eigenvalue weighted by Crippen LogP contribution is 2.28. The first-order valence-corrected chi connectivity index (χ1v) is 8.40. The number of ketones is 1. The van der Waals surface area contributed by atoms with Gasteiger partial charge in [0.25, 0.3) is 0 Å². The smallest absolute Gasteiger partial charge is 0.237 e. The second-order valence-corrected chi connectivity index (χ2v) is 7.03. The third-order valence-electron chi connectivity index (χ3n) is 3.58. The van der Waals surface area contributed by atoms with Gasteiger partial charge in [-0.3, -0.25) is 9.59 Å². The Morgan fingerprint density at radius 2 is 1.70 bits per heavy atom. The van der Waals surface area contributed by atoms with E-state index in [1.165, 1.54) is 18.1 Å². The predicted octanol–water partition coefficient (Wildman–Crippen LogP) is 4.63. The van der Waals surface area contributed by atoms with Crippen molar-refractivity contribution in [2.24, 2.45) is 0 Å². The Labute approximate surface area is 141 Å². The van der Waals surface area contributed by atoms with Crippen LogP contribution in [0, 0.1) is 13.8 Å². The molecule has 0 unspecified atom stereocenters. The van der Waals surface area contributed by atoms with Gasteiger partial charge in [-0.15, -0.1) is 11.8 Å². The highest BCUT2D eigenvalue weighted by atomic mass is 32.2. The Bertz CT molecular complexity index is 723. The minimum absolute atomic E-state index is 0.0155. The van der Waals surface area contributed by atoms with Gasteiger partial charge in [-0.2, -0.15) is 0 Å². The number of hydrogen-bond acceptors (Lipinski definition) is 3. The molecule has 0 aliphatic carbocycles. The Morgan fingerprint density at radius 1 is 1.04 bits per heavy atom. The normalized spacial score (nSPS) is 11.8. The minimum Gasteiger partial charge on any atom is -0.325 e. The molecule has 1 amide bonds. The first-order chi connectivity index (χ1) is 10.9. The lowest BCUT2D eigenvalue weighted by molar-refractivity contribution is -0.115. The lowest BCUT2D eigenvalue weighted by Crippen LogP contribution is -2.22. The van der Waals surface area contributed by atoms with Gasteiger partial charge in [0.15, 0.2) is 5.78 Å². The topological polar surface area (TPSA) is 46.2 Å². The molecular formula is C19H21NO2S. The lowest BCUT2D eigenvalue weighted by atomic mass is 10.1. The quantitative estimate of drug-likeness (QED) is 0.643. The highest BCUT2D eigenvalue weighted by molar-refractivity contribution is 8.00. The molecule has 2 aromatic carbocycles. The number of thioether (sulfide) groups is 1. The van der Waals surface area contributed by atoms with Crippen LogP contribution < -0.4 is 5.32 Å². The molecule has 0 aromatic heterocycles. The van der Waals surface area contributed by atoms with Gasteiger partial charge in [0, 0.05) is 16.1 Å². The van der Waals surface area contributed by atoms with Gasteiger partial charge in [0.2, 0.25) is 5.91 Å². The number of hydrogen-bond donors (Lipinski definition) is 1. The summed E-state index contributed by atoms with van der Waals surface area (Å²) in [5.74, 6) is -0.0341. The zero-order valence-electron chi connectivity index (χ0n) is 13.8. The number of rotatable bonds is 5. The van der Waals surface area contributed by atoms with Crippen LogP contribution in [0.4, 0.5) is 5.69 Å². The van der Waals surface area contributed by atoms with E-state index in [9.17, 15) is 9.59 Å². The average molecular weight is 327 g/mol. The number of Topliss-reactive ketones (excluding diaryl/α,β-unsaturated/α-hetero) is 1. The average Bonchev–Trinajstić information content (AvgIpc) is 2.51. The molecule has 0 saturated heterocycles. The predicted molar refractivity (Wildman–Crippen MR) is 96.3 cm³/mol. The Hall–Kier alpha value is -2.07. The molecular weight excluding hydrogens is 306 g/mol. The summed E-state index contributed by atoms with van der Waals surface area (Å²) in [5.41, 5.74) is 3.70. The summed E-state index contributed by atoms with van der Waals surface area (Å²) in [7, 11) is 0. The van der Waals surface area contributed by atoms with Crippen molar-refractivity contribution in [2.45, 2.75) is 37.8 Å². The molecule has 0 bridgehead atoms. The third-order valence-corrected chi connectivity index (χ3v) is 4.84. The highest BCUT2D eigenvalue weighted by Gasteiger charge is 2.16. The molecule has 3 nitrogen and oxygen atoms in total. The number of amides is 1. The number of carbonyl (C=O) groups excluding carboxylic acids is 2. The van der Waals surface area contributed by atoms with Crippen molar-refractivity contribution in [3.05, 3.63) is 59.2 Å². The Kier molecular flexibility index (Phi) is 5.61. The summed E-state index contributed by atoms with van der Waals surface area (Å²) in [6.07, 6.45) is 0. The first kappa shape index (κ1) is 17.3. The summed E-state index contributed by atoms with van der Waals surface area (Å²) in [6, 6.07) is 13.2. The molecule has 0 radical (unpaired) electrons. The maximum atomic E-state index is 12.3. The van der Waals surface area contributed by atoms with Crippen molar-refractivity contribution in [1.82, 2.24) is 0 Å². The molecule has 0 saturated carbocycles. The van der Waals surface area contributed by atoms with Gasteiger partial charge in [0.05, 0.1) is 5.25 Å². The van der Waals surface area contributed by atoms with Crippen LogP contribution in [-0.4, -0.2) is 16.9 Å². The fraction of sp³-hybridized carbons (Fsp3) is 0.263. The minimum atomic E-state index is -0.206. The van der Waals surface area contributed by atoms with Crippen LogP contribution in [0.15, 0.2) is 47.4 Å². The fourth-order valence-corrected chi connectivity index (χ4v) is 3.17. The van der Waals surface area contributed by atoms with E-state index in [1.54, 1.807) is 36.0 Å². The van der Waals surface area contributed by atoms with E-state index in [4.69, 9.17) is 0 Å². The standard InChI is InChI=1S/C19H21NO2S/c1-12-5-6-13(2)18(11-12)23-15(4)19(22)20-17-9-7-16(8-10-17)14(3)21/h5-11,15H,1-4H3,(H,20,22)/t15-/m1/s1. The van der Waals surface area contributed by atoms with E-state index in [1.807, 2.05) is 20.8 Å². The molecule has 2 aromatic rings. The van der Waals surface area contributed by atoms with Gasteiger partial charge in [-0.1, -0.05) is 17.7 Å². The van der Waals surface area contributed by atoms with Crippen LogP contribution in [0.25, 0.3) is 0 Å². The van der Waals surface area contributed by atoms with E-state index in [2.05, 4.69) is 23.5 Å². The maximum Gasteiger partial charge on any atom is 0.237 e. The molecule has 0 aliphatic heterocycles. The summed E-state index contributed by atoms with van der Waals surface area (Å²) in [4.78, 5) is 24.7. The van der Waals surface area contributed by atoms with Crippen molar-refractivity contribution in [2.75, 3.05) is 5.32 Å². The number of anilines is 1. The molecule has 0 spiro atoms. The van der Waals surface area contributed by atoms with Crippen molar-refractivity contribution in [3.8, 4) is 0 Å². The zero-order valence-corrected chi connectivity index (χ0v) is 14.7. The number of carbonyl (C=O) groups is 2. The summed E-state index contributed by atoms with van der Waals surface area (Å²) in [6.45, 7) is 7.51. The van der Waals surface area contributed by atoms with Crippen molar-refractivity contribution in [1.29, 1.82) is 0 Å². The van der Waals surface area contributed by atoms with Gasteiger partial charge in [-0.25, -0.2) is 0 Å². The Balaban J connectivity index is 2.02. The van der Waals surface area contributed by atoms with E-state index in [0.717, 1.165) is 4.90 Å². The molecule has 0 heterocycles. The SMILES string of the molecule is CC(=O)c1ccc(NC(=O)[C@@H](C)Sc2cc(C)ccc2C)cc1. The molecule has 0 fully saturated rings. The van der Waals surface area contributed by atoms with Crippen LogP contribution in [0.2, 0.25) is 0 Å². The third kappa shape index (κ3) is 4.70. The summed E-state index contributed by atoms with van der Waals surface area (Å²) in [5, 5.41) is 2.69.